The number of halogens is 3. The Labute approximate surface area is 137 Å². The first-order valence-electron chi connectivity index (χ1n) is 5.27. The SMILES string of the molecule is CC(C)(C)c1nc(-c2cc(Br)cs2)nc(Cl)c1I. The van der Waals surface area contributed by atoms with E-state index in [9.17, 15) is 0 Å². The molecule has 2 aromatic rings. The fourth-order valence-corrected chi connectivity index (χ4v) is 4.04. The predicted molar refractivity (Wildman–Crippen MR) is 89.5 cm³/mol. The zero-order valence-corrected chi connectivity index (χ0v) is 15.4. The molecule has 18 heavy (non-hydrogen) atoms. The Morgan fingerprint density at radius 1 is 1.33 bits per heavy atom. The lowest BCUT2D eigenvalue weighted by molar-refractivity contribution is 0.564. The Bertz CT molecular complexity index is 592. The Morgan fingerprint density at radius 2 is 2.00 bits per heavy atom. The summed E-state index contributed by atoms with van der Waals surface area (Å²) < 4.78 is 1.97. The van der Waals surface area contributed by atoms with Gasteiger partial charge in [0, 0.05) is 15.3 Å². The van der Waals surface area contributed by atoms with Crippen LogP contribution >= 0.6 is 61.5 Å². The number of aromatic nitrogens is 2. The molecule has 0 N–H and O–H groups in total. The molecule has 0 aromatic carbocycles. The highest BCUT2D eigenvalue weighted by atomic mass is 127. The molecule has 0 saturated carbocycles. The van der Waals surface area contributed by atoms with E-state index in [4.69, 9.17) is 11.6 Å². The maximum absolute atomic E-state index is 6.22. The van der Waals surface area contributed by atoms with Gasteiger partial charge in [-0.3, -0.25) is 0 Å². The molecule has 2 nitrogen and oxygen atoms in total. The lowest BCUT2D eigenvalue weighted by Gasteiger charge is -2.20. The molecule has 0 radical (unpaired) electrons. The summed E-state index contributed by atoms with van der Waals surface area (Å²) in [4.78, 5) is 10.1. The summed E-state index contributed by atoms with van der Waals surface area (Å²) in [6.45, 7) is 6.38. The van der Waals surface area contributed by atoms with E-state index < -0.39 is 0 Å². The molecule has 96 valence electrons. The minimum atomic E-state index is -0.0493. The molecule has 2 rings (SSSR count). The lowest BCUT2D eigenvalue weighted by atomic mass is 9.92. The molecule has 0 fully saturated rings. The monoisotopic (exact) mass is 456 g/mol. The van der Waals surface area contributed by atoms with Crippen molar-refractivity contribution in [2.75, 3.05) is 0 Å². The summed E-state index contributed by atoms with van der Waals surface area (Å²) in [6, 6.07) is 2.01. The van der Waals surface area contributed by atoms with Gasteiger partial charge in [-0.1, -0.05) is 32.4 Å². The molecule has 0 saturated heterocycles. The van der Waals surface area contributed by atoms with Crippen molar-refractivity contribution in [1.29, 1.82) is 0 Å². The molecular weight excluding hydrogens is 446 g/mol. The van der Waals surface area contributed by atoms with Crippen LogP contribution in [-0.2, 0) is 5.41 Å². The van der Waals surface area contributed by atoms with Gasteiger partial charge in [-0.05, 0) is 44.6 Å². The summed E-state index contributed by atoms with van der Waals surface area (Å²) in [5.74, 6) is 0.695. The van der Waals surface area contributed by atoms with Crippen LogP contribution in [0.25, 0.3) is 10.7 Å². The molecule has 0 unspecified atom stereocenters. The second-order valence-corrected chi connectivity index (χ2v) is 8.14. The molecule has 0 aliphatic heterocycles. The van der Waals surface area contributed by atoms with E-state index >= 15 is 0 Å². The zero-order valence-electron chi connectivity index (χ0n) is 10.1. The van der Waals surface area contributed by atoms with Gasteiger partial charge in [0.1, 0.15) is 5.15 Å². The number of rotatable bonds is 1. The molecule has 0 aliphatic rings. The summed E-state index contributed by atoms with van der Waals surface area (Å²) in [6.07, 6.45) is 0. The van der Waals surface area contributed by atoms with Crippen molar-refractivity contribution in [3.8, 4) is 10.7 Å². The van der Waals surface area contributed by atoms with E-state index in [2.05, 4.69) is 69.3 Å². The van der Waals surface area contributed by atoms with Gasteiger partial charge in [0.2, 0.25) is 0 Å². The molecule has 2 aromatic heterocycles. The van der Waals surface area contributed by atoms with Gasteiger partial charge in [0.15, 0.2) is 5.82 Å². The van der Waals surface area contributed by atoms with Crippen LogP contribution in [0.3, 0.4) is 0 Å². The van der Waals surface area contributed by atoms with E-state index in [0.717, 1.165) is 18.6 Å². The standard InChI is InChI=1S/C12H11BrClIN2S/c1-12(2,3)9-8(15)10(14)17-11(16-9)7-4-6(13)5-18-7/h4-5H,1-3H3. The maximum atomic E-state index is 6.22. The van der Waals surface area contributed by atoms with Gasteiger partial charge in [-0.2, -0.15) is 0 Å². The van der Waals surface area contributed by atoms with Crippen molar-refractivity contribution in [2.24, 2.45) is 0 Å². The van der Waals surface area contributed by atoms with Gasteiger partial charge in [0.25, 0.3) is 0 Å². The van der Waals surface area contributed by atoms with Crippen molar-refractivity contribution in [3.05, 3.63) is 30.3 Å². The van der Waals surface area contributed by atoms with Crippen molar-refractivity contribution in [3.63, 3.8) is 0 Å². The number of hydrogen-bond acceptors (Lipinski definition) is 3. The molecule has 0 atom stereocenters. The predicted octanol–water partition coefficient (Wildman–Crippen LogP) is 5.52. The van der Waals surface area contributed by atoms with Crippen LogP contribution in [-0.4, -0.2) is 9.97 Å². The zero-order chi connectivity index (χ0) is 13.5. The fraction of sp³-hybridized carbons (Fsp3) is 0.333. The number of thiophene rings is 1. The fourth-order valence-electron chi connectivity index (χ4n) is 1.46. The summed E-state index contributed by atoms with van der Waals surface area (Å²) >= 11 is 13.5. The highest BCUT2D eigenvalue weighted by Gasteiger charge is 2.23. The van der Waals surface area contributed by atoms with Crippen molar-refractivity contribution >= 4 is 61.5 Å². The van der Waals surface area contributed by atoms with Crippen molar-refractivity contribution in [2.45, 2.75) is 26.2 Å². The second-order valence-electron chi connectivity index (χ2n) is 4.88. The Kier molecular flexibility index (Phi) is 4.36. The topological polar surface area (TPSA) is 25.8 Å². The second kappa shape index (κ2) is 5.34. The quantitative estimate of drug-likeness (QED) is 0.416. The molecule has 0 aliphatic carbocycles. The van der Waals surface area contributed by atoms with Gasteiger partial charge >= 0.3 is 0 Å². The van der Waals surface area contributed by atoms with E-state index in [1.54, 1.807) is 11.3 Å². The lowest BCUT2D eigenvalue weighted by Crippen LogP contribution is -2.17. The van der Waals surface area contributed by atoms with Crippen LogP contribution in [0.5, 0.6) is 0 Å². The van der Waals surface area contributed by atoms with Crippen LogP contribution in [0, 0.1) is 3.57 Å². The Hall–Kier alpha value is 0.280. The molecule has 0 spiro atoms. The summed E-state index contributed by atoms with van der Waals surface area (Å²) in [7, 11) is 0. The average molecular weight is 458 g/mol. The van der Waals surface area contributed by atoms with Crippen molar-refractivity contribution in [1.82, 2.24) is 9.97 Å². The van der Waals surface area contributed by atoms with Crippen LogP contribution in [0.2, 0.25) is 5.15 Å². The van der Waals surface area contributed by atoms with Gasteiger partial charge in [0.05, 0.1) is 14.1 Å². The smallest absolute Gasteiger partial charge is 0.171 e. The minimum absolute atomic E-state index is 0.0493. The normalized spacial score (nSPS) is 11.9. The highest BCUT2D eigenvalue weighted by Crippen LogP contribution is 2.33. The third-order valence-corrected chi connectivity index (χ3v) is 5.61. The summed E-state index contributed by atoms with van der Waals surface area (Å²) in [5.41, 5.74) is 0.939. The first kappa shape index (κ1) is 14.7. The molecular formula is C12H11BrClIN2S. The average Bonchev–Trinajstić information content (AvgIpc) is 2.67. The van der Waals surface area contributed by atoms with Crippen LogP contribution < -0.4 is 0 Å². The van der Waals surface area contributed by atoms with Crippen molar-refractivity contribution < 1.29 is 0 Å². The van der Waals surface area contributed by atoms with E-state index in [1.165, 1.54) is 0 Å². The van der Waals surface area contributed by atoms with Crippen LogP contribution in [0.4, 0.5) is 0 Å². The third-order valence-electron chi connectivity index (χ3n) is 2.31. The maximum Gasteiger partial charge on any atom is 0.171 e. The largest absolute Gasteiger partial charge is 0.231 e. The van der Waals surface area contributed by atoms with E-state index in [-0.39, 0.29) is 5.41 Å². The highest BCUT2D eigenvalue weighted by molar-refractivity contribution is 14.1. The van der Waals surface area contributed by atoms with E-state index in [1.807, 2.05) is 11.4 Å². The first-order valence-corrected chi connectivity index (χ1v) is 8.40. The third kappa shape index (κ3) is 3.05. The molecule has 6 heteroatoms. The minimum Gasteiger partial charge on any atom is -0.231 e. The Morgan fingerprint density at radius 3 is 2.50 bits per heavy atom. The number of hydrogen-bond donors (Lipinski definition) is 0. The van der Waals surface area contributed by atoms with Gasteiger partial charge < -0.3 is 0 Å². The van der Waals surface area contributed by atoms with Gasteiger partial charge in [-0.25, -0.2) is 9.97 Å². The summed E-state index contributed by atoms with van der Waals surface area (Å²) in [5, 5.41) is 2.54. The molecule has 0 bridgehead atoms. The molecule has 0 amide bonds. The molecule has 2 heterocycles. The van der Waals surface area contributed by atoms with Crippen LogP contribution in [0.1, 0.15) is 26.5 Å². The van der Waals surface area contributed by atoms with E-state index in [0.29, 0.717) is 11.0 Å². The number of nitrogens with zero attached hydrogens (tertiary/aromatic N) is 2. The van der Waals surface area contributed by atoms with Gasteiger partial charge in [-0.15, -0.1) is 11.3 Å². The Balaban J connectivity index is 2.61. The van der Waals surface area contributed by atoms with Crippen LogP contribution in [0.15, 0.2) is 15.9 Å². The first-order chi connectivity index (χ1) is 8.29.